The van der Waals surface area contributed by atoms with E-state index in [1.54, 1.807) is 24.3 Å². The van der Waals surface area contributed by atoms with Crippen molar-refractivity contribution in [2.24, 2.45) is 0 Å². The normalized spacial score (nSPS) is 17.3. The van der Waals surface area contributed by atoms with Crippen LogP contribution in [0.5, 0.6) is 5.75 Å². The van der Waals surface area contributed by atoms with Crippen LogP contribution < -0.4 is 20.1 Å². The average molecular weight is 452 g/mol. The first-order valence-corrected chi connectivity index (χ1v) is 12.5. The van der Waals surface area contributed by atoms with E-state index in [1.165, 1.54) is 18.4 Å². The minimum atomic E-state index is -3.84. The number of para-hydroxylation sites is 1. The molecule has 7 nitrogen and oxygen atoms in total. The van der Waals surface area contributed by atoms with Crippen LogP contribution in [0.15, 0.2) is 41.8 Å². The molecule has 1 atom stereocenters. The SMILES string of the molecule is CCCNS(=O)(=O)C(NC(=O)c1ccccc1OC)C1(c2cccs2)CCNCC1. The second-order valence-corrected chi connectivity index (χ2v) is 10.2. The molecule has 2 aromatic rings. The van der Waals surface area contributed by atoms with Gasteiger partial charge in [0, 0.05) is 16.8 Å². The predicted molar refractivity (Wildman–Crippen MR) is 120 cm³/mol. The molecule has 1 unspecified atom stereocenters. The fraction of sp³-hybridized carbons (Fsp3) is 0.476. The third-order valence-corrected chi connectivity index (χ3v) is 8.37. The highest BCUT2D eigenvalue weighted by Crippen LogP contribution is 2.41. The summed E-state index contributed by atoms with van der Waals surface area (Å²) in [6.07, 6.45) is 1.88. The van der Waals surface area contributed by atoms with Gasteiger partial charge in [-0.15, -0.1) is 11.3 Å². The Kier molecular flexibility index (Phi) is 7.51. The fourth-order valence-corrected chi connectivity index (χ4v) is 6.91. The minimum Gasteiger partial charge on any atom is -0.496 e. The highest BCUT2D eigenvalue weighted by molar-refractivity contribution is 7.90. The van der Waals surface area contributed by atoms with E-state index < -0.39 is 26.7 Å². The fourth-order valence-electron chi connectivity index (χ4n) is 3.94. The van der Waals surface area contributed by atoms with E-state index in [1.807, 2.05) is 24.4 Å². The van der Waals surface area contributed by atoms with Gasteiger partial charge in [-0.3, -0.25) is 4.79 Å². The highest BCUT2D eigenvalue weighted by atomic mass is 32.2. The summed E-state index contributed by atoms with van der Waals surface area (Å²) in [7, 11) is -2.35. The van der Waals surface area contributed by atoms with Gasteiger partial charge in [0.05, 0.1) is 12.7 Å². The van der Waals surface area contributed by atoms with E-state index in [2.05, 4.69) is 15.4 Å². The monoisotopic (exact) mass is 451 g/mol. The second-order valence-electron chi connectivity index (χ2n) is 7.38. The molecule has 1 amide bonds. The molecule has 0 radical (unpaired) electrons. The van der Waals surface area contributed by atoms with Crippen LogP contribution in [0, 0.1) is 0 Å². The molecule has 1 aliphatic heterocycles. The number of sulfonamides is 1. The van der Waals surface area contributed by atoms with E-state index in [0.717, 1.165) is 4.88 Å². The quantitative estimate of drug-likeness (QED) is 0.544. The van der Waals surface area contributed by atoms with Gasteiger partial charge in [0.15, 0.2) is 5.37 Å². The van der Waals surface area contributed by atoms with Gasteiger partial charge in [-0.2, -0.15) is 0 Å². The van der Waals surface area contributed by atoms with E-state index in [9.17, 15) is 13.2 Å². The van der Waals surface area contributed by atoms with Gasteiger partial charge in [0.1, 0.15) is 5.75 Å². The topological polar surface area (TPSA) is 96.5 Å². The van der Waals surface area contributed by atoms with Crippen molar-refractivity contribution >= 4 is 27.3 Å². The first-order valence-electron chi connectivity index (χ1n) is 10.1. The number of ether oxygens (including phenoxy) is 1. The van der Waals surface area contributed by atoms with Crippen LogP contribution in [0.1, 0.15) is 41.4 Å². The molecule has 3 rings (SSSR count). The first-order chi connectivity index (χ1) is 14.4. The number of hydrogen-bond acceptors (Lipinski definition) is 6. The van der Waals surface area contributed by atoms with Gasteiger partial charge in [-0.1, -0.05) is 25.1 Å². The average Bonchev–Trinajstić information content (AvgIpc) is 3.32. The second kappa shape index (κ2) is 9.91. The number of carbonyl (C=O) groups excluding carboxylic acids is 1. The van der Waals surface area contributed by atoms with Crippen molar-refractivity contribution in [2.45, 2.75) is 37.0 Å². The van der Waals surface area contributed by atoms with Crippen molar-refractivity contribution in [1.82, 2.24) is 15.4 Å². The zero-order valence-corrected chi connectivity index (χ0v) is 18.9. The number of amides is 1. The van der Waals surface area contributed by atoms with Gasteiger partial charge < -0.3 is 15.4 Å². The zero-order valence-electron chi connectivity index (χ0n) is 17.3. The van der Waals surface area contributed by atoms with Crippen LogP contribution in [0.3, 0.4) is 0 Å². The summed E-state index contributed by atoms with van der Waals surface area (Å²) < 4.78 is 34.9. The van der Waals surface area contributed by atoms with Gasteiger partial charge in [-0.05, 0) is 55.9 Å². The zero-order chi connectivity index (χ0) is 21.6. The molecular weight excluding hydrogens is 422 g/mol. The lowest BCUT2D eigenvalue weighted by Crippen LogP contribution is -2.60. The number of benzene rings is 1. The Morgan fingerprint density at radius 1 is 1.23 bits per heavy atom. The molecule has 1 aliphatic rings. The van der Waals surface area contributed by atoms with Crippen LogP contribution in [0.25, 0.3) is 0 Å². The van der Waals surface area contributed by atoms with E-state index in [0.29, 0.717) is 50.2 Å². The summed E-state index contributed by atoms with van der Waals surface area (Å²) in [5, 5.41) is 7.02. The summed E-state index contributed by atoms with van der Waals surface area (Å²) in [4.78, 5) is 14.2. The molecule has 0 spiro atoms. The third-order valence-electron chi connectivity index (χ3n) is 5.49. The van der Waals surface area contributed by atoms with Gasteiger partial charge in [0.2, 0.25) is 10.0 Å². The van der Waals surface area contributed by atoms with Crippen molar-refractivity contribution < 1.29 is 17.9 Å². The summed E-state index contributed by atoms with van der Waals surface area (Å²) in [6, 6.07) is 10.7. The van der Waals surface area contributed by atoms with Crippen molar-refractivity contribution in [1.29, 1.82) is 0 Å². The molecule has 30 heavy (non-hydrogen) atoms. The Hall–Kier alpha value is -1.94. The molecule has 1 aromatic heterocycles. The van der Waals surface area contributed by atoms with E-state index >= 15 is 0 Å². The Balaban J connectivity index is 2.05. The first kappa shape index (κ1) is 22.7. The Bertz CT molecular complexity index is 939. The van der Waals surface area contributed by atoms with Gasteiger partial charge in [-0.25, -0.2) is 13.1 Å². The Morgan fingerprint density at radius 3 is 2.60 bits per heavy atom. The predicted octanol–water partition coefficient (Wildman–Crippen LogP) is 2.46. The summed E-state index contributed by atoms with van der Waals surface area (Å²) in [5.74, 6) is -0.0584. The van der Waals surface area contributed by atoms with Gasteiger partial charge in [0.25, 0.3) is 5.91 Å². The summed E-state index contributed by atoms with van der Waals surface area (Å²) >= 11 is 1.53. The number of rotatable bonds is 9. The van der Waals surface area contributed by atoms with Gasteiger partial charge >= 0.3 is 0 Å². The number of thiophene rings is 1. The molecule has 0 saturated carbocycles. The van der Waals surface area contributed by atoms with Crippen molar-refractivity contribution in [3.8, 4) is 5.75 Å². The smallest absolute Gasteiger partial charge is 0.256 e. The molecule has 1 saturated heterocycles. The maximum atomic E-state index is 13.4. The molecule has 3 N–H and O–H groups in total. The lowest BCUT2D eigenvalue weighted by Gasteiger charge is -2.42. The maximum Gasteiger partial charge on any atom is 0.256 e. The number of hydrogen-bond donors (Lipinski definition) is 3. The number of piperidine rings is 1. The molecule has 1 fully saturated rings. The maximum absolute atomic E-state index is 13.4. The van der Waals surface area contributed by atoms with Crippen LogP contribution in [0.4, 0.5) is 0 Å². The lowest BCUT2D eigenvalue weighted by molar-refractivity contribution is 0.0923. The lowest BCUT2D eigenvalue weighted by atomic mass is 9.77. The number of carbonyl (C=O) groups is 1. The number of methoxy groups -OCH3 is 1. The minimum absolute atomic E-state index is 0.311. The molecule has 0 aliphatic carbocycles. The van der Waals surface area contributed by atoms with Crippen LogP contribution >= 0.6 is 11.3 Å². The van der Waals surface area contributed by atoms with Crippen LogP contribution in [-0.4, -0.2) is 46.4 Å². The third kappa shape index (κ3) is 4.69. The van der Waals surface area contributed by atoms with Crippen molar-refractivity contribution in [2.75, 3.05) is 26.7 Å². The number of nitrogens with one attached hydrogen (secondary N) is 3. The highest BCUT2D eigenvalue weighted by Gasteiger charge is 2.49. The molecule has 2 heterocycles. The molecule has 164 valence electrons. The standard InChI is InChI=1S/C21H29N3O4S2/c1-3-12-23-30(26,27)20(24-19(25)16-7-4-5-8-17(16)28-2)21(10-13-22-14-11-21)18-9-6-15-29-18/h4-9,15,20,22-23H,3,10-14H2,1-2H3,(H,24,25). The van der Waals surface area contributed by atoms with E-state index in [4.69, 9.17) is 4.74 Å². The Morgan fingerprint density at radius 2 is 1.97 bits per heavy atom. The summed E-state index contributed by atoms with van der Waals surface area (Å²) in [5.41, 5.74) is -0.401. The van der Waals surface area contributed by atoms with Crippen LogP contribution in [0.2, 0.25) is 0 Å². The van der Waals surface area contributed by atoms with Crippen molar-refractivity contribution in [3.05, 3.63) is 52.2 Å². The molecule has 1 aromatic carbocycles. The molecule has 9 heteroatoms. The Labute approximate surface area is 182 Å². The summed E-state index contributed by atoms with van der Waals surface area (Å²) in [6.45, 7) is 3.59. The van der Waals surface area contributed by atoms with Crippen molar-refractivity contribution in [3.63, 3.8) is 0 Å². The van der Waals surface area contributed by atoms with Crippen LogP contribution in [-0.2, 0) is 15.4 Å². The molecular formula is C21H29N3O4S2. The molecule has 0 bridgehead atoms. The van der Waals surface area contributed by atoms with E-state index in [-0.39, 0.29) is 0 Å². The largest absolute Gasteiger partial charge is 0.496 e.